The molecule has 0 radical (unpaired) electrons. The number of hydrogen-bond donors (Lipinski definition) is 1. The molecule has 3 rings (SSSR count). The van der Waals surface area contributed by atoms with Crippen LogP contribution in [0.25, 0.3) is 0 Å². The van der Waals surface area contributed by atoms with Crippen LogP contribution >= 0.6 is 10.9 Å². The summed E-state index contributed by atoms with van der Waals surface area (Å²) in [5.74, 6) is 0. The number of aryl methyl sites for hydroxylation is 1. The normalized spacial score (nSPS) is 14.4. The average Bonchev–Trinajstić information content (AvgIpc) is 2.68. The fraction of sp³-hybridized carbons (Fsp3) is 0.182. The third-order valence-electron chi connectivity index (χ3n) is 4.58. The second-order valence-corrected chi connectivity index (χ2v) is 9.20. The average molecular weight is 482 g/mol. The number of hydrogen-bond acceptors (Lipinski definition) is 0. The third kappa shape index (κ3) is 5.40. The van der Waals surface area contributed by atoms with E-state index in [2.05, 4.69) is 0 Å². The lowest BCUT2D eigenvalue weighted by molar-refractivity contribution is -0.143. The molecule has 1 atom stereocenters. The molecular formula is C22H15F9S. The van der Waals surface area contributed by atoms with Gasteiger partial charge in [-0.25, -0.2) is 0 Å². The maximum atomic E-state index is 13.4. The highest BCUT2D eigenvalue weighted by Crippen LogP contribution is 2.53. The molecule has 0 fully saturated rings. The van der Waals surface area contributed by atoms with E-state index in [9.17, 15) is 39.5 Å². The van der Waals surface area contributed by atoms with Crippen molar-refractivity contribution in [3.63, 3.8) is 0 Å². The molecule has 1 unspecified atom stereocenters. The minimum atomic E-state index is -5.04. The zero-order valence-corrected chi connectivity index (χ0v) is 17.1. The van der Waals surface area contributed by atoms with Crippen LogP contribution in [0.1, 0.15) is 22.3 Å². The lowest BCUT2D eigenvalue weighted by atomic mass is 10.1. The number of benzene rings is 3. The first-order valence-electron chi connectivity index (χ1n) is 9.00. The fourth-order valence-electron chi connectivity index (χ4n) is 3.01. The first kappa shape index (κ1) is 24.0. The van der Waals surface area contributed by atoms with E-state index in [0.29, 0.717) is 17.0 Å². The Balaban J connectivity index is 2.25. The van der Waals surface area contributed by atoms with Crippen molar-refractivity contribution in [2.75, 3.05) is 0 Å². The van der Waals surface area contributed by atoms with Crippen LogP contribution in [0, 0.1) is 6.92 Å². The number of rotatable bonds is 3. The van der Waals surface area contributed by atoms with E-state index in [1.807, 2.05) is 0 Å². The second kappa shape index (κ2) is 8.38. The van der Waals surface area contributed by atoms with E-state index < -0.39 is 46.1 Å². The van der Waals surface area contributed by atoms with E-state index in [0.717, 1.165) is 29.8 Å². The van der Waals surface area contributed by atoms with Crippen molar-refractivity contribution in [3.8, 4) is 0 Å². The lowest BCUT2D eigenvalue weighted by Gasteiger charge is -2.26. The highest BCUT2D eigenvalue weighted by molar-refractivity contribution is 8.17. The Bertz CT molecular complexity index is 1040. The first-order chi connectivity index (χ1) is 14.7. The summed E-state index contributed by atoms with van der Waals surface area (Å²) in [5, 5.41) is 0. The molecule has 0 aromatic heterocycles. The van der Waals surface area contributed by atoms with Crippen LogP contribution in [-0.4, -0.2) is 0 Å². The van der Waals surface area contributed by atoms with Crippen LogP contribution in [0.4, 0.5) is 39.5 Å². The number of alkyl halides is 9. The molecule has 10 heteroatoms. The predicted molar refractivity (Wildman–Crippen MR) is 103 cm³/mol. The Hall–Kier alpha value is -2.62. The van der Waals surface area contributed by atoms with Crippen molar-refractivity contribution in [2.24, 2.45) is 0 Å². The minimum absolute atomic E-state index is 0.0267. The fourth-order valence-corrected chi connectivity index (χ4v) is 5.33. The molecule has 3 aromatic carbocycles. The Morgan fingerprint density at radius 3 is 1.22 bits per heavy atom. The van der Waals surface area contributed by atoms with Crippen LogP contribution in [0.15, 0.2) is 81.4 Å². The van der Waals surface area contributed by atoms with Crippen LogP contribution in [0.3, 0.4) is 0 Å². The summed E-state index contributed by atoms with van der Waals surface area (Å²) >= 11 is 0. The van der Waals surface area contributed by atoms with Crippen molar-refractivity contribution in [2.45, 2.75) is 40.1 Å². The summed E-state index contributed by atoms with van der Waals surface area (Å²) in [4.78, 5) is 0.313. The summed E-state index contributed by atoms with van der Waals surface area (Å²) in [6.45, 7) is 1.75. The molecule has 32 heavy (non-hydrogen) atoms. The van der Waals surface area contributed by atoms with Gasteiger partial charge in [0.1, 0.15) is 0 Å². The molecule has 3 aromatic rings. The van der Waals surface area contributed by atoms with E-state index in [1.54, 1.807) is 31.2 Å². The minimum Gasteiger partial charge on any atom is -0.173 e. The largest absolute Gasteiger partial charge is 0.416 e. The van der Waals surface area contributed by atoms with Gasteiger partial charge in [0.25, 0.3) is 0 Å². The Labute approximate surface area is 180 Å². The smallest absolute Gasteiger partial charge is 0.173 e. The Morgan fingerprint density at radius 2 is 0.844 bits per heavy atom. The molecule has 0 spiro atoms. The van der Waals surface area contributed by atoms with Crippen LogP contribution in [-0.2, 0) is 18.5 Å². The molecule has 0 saturated carbocycles. The molecule has 0 N–H and O–H groups in total. The van der Waals surface area contributed by atoms with Crippen molar-refractivity contribution in [3.05, 3.63) is 89.0 Å². The molecule has 0 saturated heterocycles. The highest BCUT2D eigenvalue weighted by atomic mass is 32.2. The topological polar surface area (TPSA) is 0 Å². The molecule has 0 aliphatic carbocycles. The van der Waals surface area contributed by atoms with Gasteiger partial charge in [-0.2, -0.15) is 50.4 Å². The molecule has 0 aliphatic rings. The quantitative estimate of drug-likeness (QED) is 0.281. The molecule has 0 nitrogen and oxygen atoms in total. The number of halogens is 9. The maximum Gasteiger partial charge on any atom is 0.416 e. The van der Waals surface area contributed by atoms with Crippen molar-refractivity contribution >= 4 is 10.9 Å². The van der Waals surface area contributed by atoms with Crippen molar-refractivity contribution in [1.29, 1.82) is 0 Å². The standard InChI is InChI=1S/C22H15F9S/c1-13-2-6-17(7-3-13)32(18-8-4-14(5-9-18)20(23,24)25)19-11-15(21(26,27)28)10-16(12-19)22(29,30)31/h2-12,32H,1H3. The third-order valence-corrected chi connectivity index (χ3v) is 6.98. The highest BCUT2D eigenvalue weighted by Gasteiger charge is 2.37. The monoisotopic (exact) mass is 482 g/mol. The second-order valence-electron chi connectivity index (χ2n) is 6.98. The lowest BCUT2D eigenvalue weighted by Crippen LogP contribution is -2.11. The van der Waals surface area contributed by atoms with E-state index >= 15 is 0 Å². The summed E-state index contributed by atoms with van der Waals surface area (Å²) in [5.41, 5.74) is -3.13. The molecule has 0 heterocycles. The maximum absolute atomic E-state index is 13.4. The molecule has 0 bridgehead atoms. The molecule has 0 aliphatic heterocycles. The van der Waals surface area contributed by atoms with Gasteiger partial charge in [-0.1, -0.05) is 17.7 Å². The summed E-state index contributed by atoms with van der Waals surface area (Å²) in [7, 11) is -2.00. The van der Waals surface area contributed by atoms with E-state index in [1.165, 1.54) is 0 Å². The van der Waals surface area contributed by atoms with Gasteiger partial charge in [-0.15, -0.1) is 0 Å². The van der Waals surface area contributed by atoms with E-state index in [-0.39, 0.29) is 15.9 Å². The first-order valence-corrected chi connectivity index (χ1v) is 10.3. The summed E-state index contributed by atoms with van der Waals surface area (Å²) < 4.78 is 119. The predicted octanol–water partition coefficient (Wildman–Crippen LogP) is 8.53. The Morgan fingerprint density at radius 1 is 0.469 bits per heavy atom. The van der Waals surface area contributed by atoms with Crippen molar-refractivity contribution < 1.29 is 39.5 Å². The van der Waals surface area contributed by atoms with Gasteiger partial charge in [0, 0.05) is 0 Å². The zero-order chi connectivity index (χ0) is 23.9. The zero-order valence-electron chi connectivity index (χ0n) is 16.2. The van der Waals surface area contributed by atoms with Gasteiger partial charge in [-0.3, -0.25) is 0 Å². The van der Waals surface area contributed by atoms with Gasteiger partial charge in [-0.05, 0) is 76.2 Å². The van der Waals surface area contributed by atoms with Gasteiger partial charge in [0.05, 0.1) is 16.7 Å². The van der Waals surface area contributed by atoms with Crippen LogP contribution in [0.2, 0.25) is 0 Å². The van der Waals surface area contributed by atoms with Crippen LogP contribution in [0.5, 0.6) is 0 Å². The SMILES string of the molecule is Cc1ccc([SH](c2ccc(C(F)(F)F)cc2)c2cc(C(F)(F)F)cc(C(F)(F)F)c2)cc1. The van der Waals surface area contributed by atoms with Gasteiger partial charge >= 0.3 is 18.5 Å². The molecular weight excluding hydrogens is 467 g/mol. The summed E-state index contributed by atoms with van der Waals surface area (Å²) in [6.07, 6.45) is -14.7. The van der Waals surface area contributed by atoms with Gasteiger partial charge in [0.15, 0.2) is 0 Å². The number of thiol groups is 1. The van der Waals surface area contributed by atoms with Crippen molar-refractivity contribution in [1.82, 2.24) is 0 Å². The Kier molecular flexibility index (Phi) is 6.29. The summed E-state index contributed by atoms with van der Waals surface area (Å²) in [6, 6.07) is 11.3. The molecule has 0 amide bonds. The van der Waals surface area contributed by atoms with Gasteiger partial charge < -0.3 is 0 Å². The van der Waals surface area contributed by atoms with Gasteiger partial charge in [0.2, 0.25) is 0 Å². The molecule has 172 valence electrons. The van der Waals surface area contributed by atoms with Crippen LogP contribution < -0.4 is 0 Å². The van der Waals surface area contributed by atoms with E-state index in [4.69, 9.17) is 0 Å².